The Morgan fingerprint density at radius 2 is 1.64 bits per heavy atom. The van der Waals surface area contributed by atoms with E-state index < -0.39 is 26.9 Å². The number of nitrogens with zero attached hydrogens (tertiary/aromatic N) is 3. The number of sulfonamides is 1. The molecule has 156 valence electrons. The highest BCUT2D eigenvalue weighted by Gasteiger charge is 2.33. The van der Waals surface area contributed by atoms with Crippen LogP contribution in [0.1, 0.15) is 20.3 Å². The molecule has 1 unspecified atom stereocenters. The number of carboxylic acids is 2. The lowest BCUT2D eigenvalue weighted by Crippen LogP contribution is -2.51. The summed E-state index contributed by atoms with van der Waals surface area (Å²) in [5.74, 6) is -3.65. The first kappa shape index (κ1) is 23.5. The van der Waals surface area contributed by atoms with Crippen molar-refractivity contribution < 1.29 is 33.1 Å². The number of piperazine rings is 1. The molecule has 2 N–H and O–H groups in total. The zero-order chi connectivity index (χ0) is 21.5. The number of benzene rings is 1. The van der Waals surface area contributed by atoms with Crippen LogP contribution in [0, 0.1) is 10.1 Å². The van der Waals surface area contributed by atoms with Gasteiger partial charge in [0.05, 0.1) is 4.92 Å². The Morgan fingerprint density at radius 3 is 2.07 bits per heavy atom. The number of nitro groups is 1. The fourth-order valence-electron chi connectivity index (χ4n) is 2.61. The van der Waals surface area contributed by atoms with Crippen molar-refractivity contribution >= 4 is 27.6 Å². The molecule has 28 heavy (non-hydrogen) atoms. The fourth-order valence-corrected chi connectivity index (χ4v) is 4.19. The number of nitro benzene ring substituents is 1. The van der Waals surface area contributed by atoms with Gasteiger partial charge in [0.2, 0.25) is 10.0 Å². The molecule has 0 aliphatic carbocycles. The first-order chi connectivity index (χ1) is 13.0. The third-order valence-corrected chi connectivity index (χ3v) is 6.30. The van der Waals surface area contributed by atoms with Crippen molar-refractivity contribution in [1.29, 1.82) is 0 Å². The lowest BCUT2D eigenvalue weighted by atomic mass is 10.2. The van der Waals surface area contributed by atoms with Gasteiger partial charge in [-0.05, 0) is 19.4 Å². The Balaban J connectivity index is 0.000000568. The second-order valence-corrected chi connectivity index (χ2v) is 7.94. The van der Waals surface area contributed by atoms with Crippen LogP contribution in [0.4, 0.5) is 5.69 Å². The summed E-state index contributed by atoms with van der Waals surface area (Å²) in [4.78, 5) is 30.6. The SMILES string of the molecule is CCC(C)N1CCN(S(=O)(=O)c2ccccc2[N+](=O)[O-])CC1.O=C(O)C(=O)O. The highest BCUT2D eigenvalue weighted by molar-refractivity contribution is 7.89. The molecule has 0 aromatic heterocycles. The van der Waals surface area contributed by atoms with Gasteiger partial charge in [-0.15, -0.1) is 0 Å². The first-order valence-corrected chi connectivity index (χ1v) is 9.90. The largest absolute Gasteiger partial charge is 0.473 e. The van der Waals surface area contributed by atoms with Gasteiger partial charge in [-0.25, -0.2) is 18.0 Å². The van der Waals surface area contributed by atoms with E-state index in [2.05, 4.69) is 18.7 Å². The van der Waals surface area contributed by atoms with E-state index in [9.17, 15) is 18.5 Å². The van der Waals surface area contributed by atoms with Crippen molar-refractivity contribution in [3.05, 3.63) is 34.4 Å². The molecule has 1 heterocycles. The summed E-state index contributed by atoms with van der Waals surface area (Å²) in [5.41, 5.74) is -0.369. The van der Waals surface area contributed by atoms with Crippen molar-refractivity contribution in [3.8, 4) is 0 Å². The van der Waals surface area contributed by atoms with E-state index in [-0.39, 0.29) is 10.6 Å². The Morgan fingerprint density at radius 1 is 1.14 bits per heavy atom. The summed E-state index contributed by atoms with van der Waals surface area (Å²) in [7, 11) is -3.83. The Labute approximate surface area is 162 Å². The highest BCUT2D eigenvalue weighted by atomic mass is 32.2. The third kappa shape index (κ3) is 5.97. The van der Waals surface area contributed by atoms with Crippen LogP contribution in [0.5, 0.6) is 0 Å². The van der Waals surface area contributed by atoms with Crippen LogP contribution in [0.3, 0.4) is 0 Å². The molecule has 1 aromatic carbocycles. The minimum absolute atomic E-state index is 0.225. The van der Waals surface area contributed by atoms with E-state index in [1.54, 1.807) is 0 Å². The van der Waals surface area contributed by atoms with Crippen molar-refractivity contribution in [2.75, 3.05) is 26.2 Å². The van der Waals surface area contributed by atoms with E-state index in [1.807, 2.05) is 0 Å². The topological polar surface area (TPSA) is 158 Å². The smallest absolute Gasteiger partial charge is 0.414 e. The quantitative estimate of drug-likeness (QED) is 0.402. The third-order valence-electron chi connectivity index (χ3n) is 4.35. The van der Waals surface area contributed by atoms with Crippen molar-refractivity contribution in [2.24, 2.45) is 0 Å². The highest BCUT2D eigenvalue weighted by Crippen LogP contribution is 2.27. The lowest BCUT2D eigenvalue weighted by molar-refractivity contribution is -0.387. The molecule has 0 saturated carbocycles. The molecule has 0 radical (unpaired) electrons. The summed E-state index contributed by atoms with van der Waals surface area (Å²) in [6, 6.07) is 5.92. The van der Waals surface area contributed by atoms with E-state index in [0.29, 0.717) is 32.2 Å². The van der Waals surface area contributed by atoms with E-state index in [0.717, 1.165) is 6.42 Å². The predicted octanol–water partition coefficient (Wildman–Crippen LogP) is 0.855. The standard InChI is InChI=1S/C14H21N3O4S.C2H2O4/c1-3-12(2)15-8-10-16(11-9-15)22(20,21)14-7-5-4-6-13(14)17(18)19;3-1(4)2(5)6/h4-7,12H,3,8-11H2,1-2H3;(H,3,4)(H,5,6). The monoisotopic (exact) mass is 417 g/mol. The van der Waals surface area contributed by atoms with Crippen LogP contribution >= 0.6 is 0 Å². The van der Waals surface area contributed by atoms with Crippen LogP contribution < -0.4 is 0 Å². The number of carboxylic acid groups (broad SMARTS) is 2. The summed E-state index contributed by atoms with van der Waals surface area (Å²) in [5, 5.41) is 25.8. The van der Waals surface area contributed by atoms with Crippen LogP contribution in [-0.2, 0) is 19.6 Å². The van der Waals surface area contributed by atoms with Gasteiger partial charge in [0.15, 0.2) is 4.90 Å². The maximum Gasteiger partial charge on any atom is 0.414 e. The summed E-state index contributed by atoms with van der Waals surface area (Å²) < 4.78 is 26.7. The predicted molar refractivity (Wildman–Crippen MR) is 98.5 cm³/mol. The molecule has 12 heteroatoms. The molecule has 1 saturated heterocycles. The molecule has 1 aliphatic rings. The van der Waals surface area contributed by atoms with Gasteiger partial charge in [0.1, 0.15) is 0 Å². The zero-order valence-electron chi connectivity index (χ0n) is 15.5. The Hall–Kier alpha value is -2.57. The number of hydrogen-bond acceptors (Lipinski definition) is 7. The summed E-state index contributed by atoms with van der Waals surface area (Å²) in [6.45, 7) is 6.23. The number of carbonyl (C=O) groups is 2. The first-order valence-electron chi connectivity index (χ1n) is 8.46. The van der Waals surface area contributed by atoms with E-state index in [1.165, 1.54) is 28.6 Å². The second-order valence-electron chi connectivity index (χ2n) is 6.03. The van der Waals surface area contributed by atoms with Crippen LogP contribution in [0.25, 0.3) is 0 Å². The van der Waals surface area contributed by atoms with Crippen LogP contribution in [-0.4, -0.2) is 76.9 Å². The van der Waals surface area contributed by atoms with Crippen molar-refractivity contribution in [2.45, 2.75) is 31.2 Å². The van der Waals surface area contributed by atoms with Gasteiger partial charge in [-0.3, -0.25) is 15.0 Å². The van der Waals surface area contributed by atoms with Gasteiger partial charge in [0, 0.05) is 38.3 Å². The molecule has 1 aliphatic heterocycles. The molecule has 0 bridgehead atoms. The van der Waals surface area contributed by atoms with Gasteiger partial charge < -0.3 is 10.2 Å². The molecule has 11 nitrogen and oxygen atoms in total. The number of hydrogen-bond donors (Lipinski definition) is 2. The molecule has 1 atom stereocenters. The van der Waals surface area contributed by atoms with E-state index in [4.69, 9.17) is 19.8 Å². The van der Waals surface area contributed by atoms with Crippen molar-refractivity contribution in [3.63, 3.8) is 0 Å². The molecular formula is C16H23N3O8S. The number of aliphatic carboxylic acids is 2. The normalized spacial score (nSPS) is 16.5. The van der Waals surface area contributed by atoms with E-state index >= 15 is 0 Å². The molecule has 0 spiro atoms. The zero-order valence-corrected chi connectivity index (χ0v) is 16.3. The number of rotatable bonds is 5. The minimum Gasteiger partial charge on any atom is -0.473 e. The van der Waals surface area contributed by atoms with Crippen LogP contribution in [0.15, 0.2) is 29.2 Å². The van der Waals surface area contributed by atoms with Gasteiger partial charge in [-0.1, -0.05) is 19.1 Å². The summed E-state index contributed by atoms with van der Waals surface area (Å²) in [6.07, 6.45) is 1.01. The molecule has 2 rings (SSSR count). The minimum atomic E-state index is -3.83. The van der Waals surface area contributed by atoms with Crippen LogP contribution in [0.2, 0.25) is 0 Å². The second kappa shape index (κ2) is 10.1. The average molecular weight is 417 g/mol. The maximum atomic E-state index is 12.7. The summed E-state index contributed by atoms with van der Waals surface area (Å²) >= 11 is 0. The van der Waals surface area contributed by atoms with Gasteiger partial charge >= 0.3 is 11.9 Å². The molecule has 1 aromatic rings. The number of para-hydroxylation sites is 1. The molecule has 0 amide bonds. The van der Waals surface area contributed by atoms with Gasteiger partial charge in [0.25, 0.3) is 5.69 Å². The molecule has 1 fully saturated rings. The van der Waals surface area contributed by atoms with Gasteiger partial charge in [-0.2, -0.15) is 4.31 Å². The Kier molecular flexibility index (Phi) is 8.47. The average Bonchev–Trinajstić information content (AvgIpc) is 2.67. The fraction of sp³-hybridized carbons (Fsp3) is 0.500. The molecular weight excluding hydrogens is 394 g/mol. The Bertz CT molecular complexity index is 807. The maximum absolute atomic E-state index is 12.7. The van der Waals surface area contributed by atoms with Crippen molar-refractivity contribution in [1.82, 2.24) is 9.21 Å². The lowest BCUT2D eigenvalue weighted by Gasteiger charge is -2.37.